The summed E-state index contributed by atoms with van der Waals surface area (Å²) in [5.41, 5.74) is 7.51. The van der Waals surface area contributed by atoms with E-state index < -0.39 is 0 Å². The first-order chi connectivity index (χ1) is 6.74. The van der Waals surface area contributed by atoms with Gasteiger partial charge in [0.2, 0.25) is 0 Å². The molecule has 0 radical (unpaired) electrons. The third-order valence-electron chi connectivity index (χ3n) is 2.44. The average Bonchev–Trinajstić information content (AvgIpc) is 2.55. The predicted octanol–water partition coefficient (Wildman–Crippen LogP) is 1.82. The summed E-state index contributed by atoms with van der Waals surface area (Å²) in [7, 11) is 0. The number of fused-ring (bicyclic) bond motifs is 1. The molecule has 0 saturated heterocycles. The number of rotatable bonds is 1. The number of anilines is 1. The van der Waals surface area contributed by atoms with Gasteiger partial charge in [0.25, 0.3) is 0 Å². The van der Waals surface area contributed by atoms with Crippen molar-refractivity contribution in [3.05, 3.63) is 29.8 Å². The van der Waals surface area contributed by atoms with Crippen LogP contribution in [0.25, 0.3) is 0 Å². The van der Waals surface area contributed by atoms with E-state index in [-0.39, 0.29) is 11.4 Å². The van der Waals surface area contributed by atoms with Crippen LogP contribution in [0.1, 0.15) is 5.56 Å². The fraction of sp³-hybridized carbons (Fsp3) is 0.300. The molecular weight excluding hydrogens is 196 g/mol. The van der Waals surface area contributed by atoms with Crippen molar-refractivity contribution in [3.63, 3.8) is 0 Å². The van der Waals surface area contributed by atoms with Gasteiger partial charge in [-0.1, -0.05) is 18.2 Å². The molecule has 1 unspecified atom stereocenters. The van der Waals surface area contributed by atoms with E-state index in [2.05, 4.69) is 0 Å². The lowest BCUT2D eigenvalue weighted by Gasteiger charge is -2.21. The molecule has 0 spiro atoms. The number of hydrogen-bond donors (Lipinski definition) is 1. The Morgan fingerprint density at radius 1 is 1.57 bits per heavy atom. The minimum atomic E-state index is -0.366. The molecule has 2 rings (SSSR count). The Bertz CT molecular complexity index is 367. The SMILES string of the molecule is CSC1Cc2ccccc2N1C(N)=O. The molecule has 0 fully saturated rings. The lowest BCUT2D eigenvalue weighted by atomic mass is 10.2. The zero-order valence-corrected chi connectivity index (χ0v) is 8.75. The average molecular weight is 208 g/mol. The summed E-state index contributed by atoms with van der Waals surface area (Å²) in [5, 5.41) is 0.157. The highest BCUT2D eigenvalue weighted by Crippen LogP contribution is 2.35. The summed E-state index contributed by atoms with van der Waals surface area (Å²) in [6.45, 7) is 0. The number of nitrogens with zero attached hydrogens (tertiary/aromatic N) is 1. The van der Waals surface area contributed by atoms with Crippen LogP contribution in [0.4, 0.5) is 10.5 Å². The van der Waals surface area contributed by atoms with Crippen LogP contribution >= 0.6 is 11.8 Å². The van der Waals surface area contributed by atoms with Crippen molar-refractivity contribution in [3.8, 4) is 0 Å². The Hall–Kier alpha value is -1.16. The summed E-state index contributed by atoms with van der Waals surface area (Å²) in [6, 6.07) is 7.53. The van der Waals surface area contributed by atoms with Gasteiger partial charge in [-0.05, 0) is 17.9 Å². The molecule has 1 aromatic rings. The van der Waals surface area contributed by atoms with E-state index >= 15 is 0 Å². The summed E-state index contributed by atoms with van der Waals surface area (Å²) >= 11 is 1.65. The van der Waals surface area contributed by atoms with Crippen LogP contribution in [0.2, 0.25) is 0 Å². The minimum Gasteiger partial charge on any atom is -0.351 e. The monoisotopic (exact) mass is 208 g/mol. The maximum Gasteiger partial charge on any atom is 0.320 e. The quantitative estimate of drug-likeness (QED) is 0.765. The molecule has 74 valence electrons. The molecular formula is C10H12N2OS. The second-order valence-corrected chi connectivity index (χ2v) is 4.25. The van der Waals surface area contributed by atoms with Crippen molar-refractivity contribution in [2.24, 2.45) is 5.73 Å². The van der Waals surface area contributed by atoms with Gasteiger partial charge >= 0.3 is 6.03 Å². The van der Waals surface area contributed by atoms with E-state index in [1.54, 1.807) is 16.7 Å². The second kappa shape index (κ2) is 3.53. The molecule has 1 heterocycles. The lowest BCUT2D eigenvalue weighted by molar-refractivity contribution is 0.254. The van der Waals surface area contributed by atoms with E-state index in [4.69, 9.17) is 5.73 Å². The second-order valence-electron chi connectivity index (χ2n) is 3.23. The van der Waals surface area contributed by atoms with Crippen LogP contribution in [0, 0.1) is 0 Å². The maximum atomic E-state index is 11.3. The summed E-state index contributed by atoms with van der Waals surface area (Å²) in [4.78, 5) is 12.9. The Morgan fingerprint density at radius 3 is 2.93 bits per heavy atom. The van der Waals surface area contributed by atoms with Crippen LogP contribution in [0.3, 0.4) is 0 Å². The number of nitrogens with two attached hydrogens (primary N) is 1. The van der Waals surface area contributed by atoms with E-state index in [0.29, 0.717) is 0 Å². The Labute approximate surface area is 87.3 Å². The number of benzene rings is 1. The fourth-order valence-corrected chi connectivity index (χ4v) is 2.58. The van der Waals surface area contributed by atoms with E-state index in [1.165, 1.54) is 5.56 Å². The zero-order valence-electron chi connectivity index (χ0n) is 7.93. The first kappa shape index (κ1) is 9.40. The number of para-hydroxylation sites is 1. The summed E-state index contributed by atoms with van der Waals surface area (Å²) in [6.07, 6.45) is 2.88. The highest BCUT2D eigenvalue weighted by molar-refractivity contribution is 7.99. The number of amides is 2. The van der Waals surface area contributed by atoms with Gasteiger partial charge in [-0.25, -0.2) is 4.79 Å². The maximum absolute atomic E-state index is 11.3. The Balaban J connectivity index is 2.42. The van der Waals surface area contributed by atoms with Crippen molar-refractivity contribution in [1.82, 2.24) is 0 Å². The molecule has 1 aliphatic rings. The van der Waals surface area contributed by atoms with Gasteiger partial charge in [-0.15, -0.1) is 11.8 Å². The predicted molar refractivity (Wildman–Crippen MR) is 59.5 cm³/mol. The first-order valence-corrected chi connectivity index (χ1v) is 5.72. The van der Waals surface area contributed by atoms with Crippen LogP contribution in [-0.4, -0.2) is 17.7 Å². The third-order valence-corrected chi connectivity index (χ3v) is 3.36. The summed E-state index contributed by atoms with van der Waals surface area (Å²) in [5.74, 6) is 0. The molecule has 1 atom stereocenters. The third kappa shape index (κ3) is 1.35. The molecule has 3 nitrogen and oxygen atoms in total. The van der Waals surface area contributed by atoms with Crippen molar-refractivity contribution in [1.29, 1.82) is 0 Å². The molecule has 0 aromatic heterocycles. The van der Waals surface area contributed by atoms with Gasteiger partial charge < -0.3 is 5.73 Å². The van der Waals surface area contributed by atoms with Crippen LogP contribution < -0.4 is 10.6 Å². The molecule has 0 bridgehead atoms. The highest BCUT2D eigenvalue weighted by Gasteiger charge is 2.31. The van der Waals surface area contributed by atoms with Gasteiger partial charge in [-0.3, -0.25) is 4.90 Å². The number of primary amides is 1. The van der Waals surface area contributed by atoms with E-state index in [0.717, 1.165) is 12.1 Å². The molecule has 0 aliphatic carbocycles. The molecule has 2 N–H and O–H groups in total. The fourth-order valence-electron chi connectivity index (χ4n) is 1.80. The molecule has 4 heteroatoms. The van der Waals surface area contributed by atoms with Gasteiger partial charge in [0, 0.05) is 12.1 Å². The van der Waals surface area contributed by atoms with E-state index in [1.807, 2.05) is 30.5 Å². The van der Waals surface area contributed by atoms with Crippen LogP contribution in [-0.2, 0) is 6.42 Å². The number of hydrogen-bond acceptors (Lipinski definition) is 2. The zero-order chi connectivity index (χ0) is 10.1. The number of carbonyl (C=O) groups is 1. The van der Waals surface area contributed by atoms with Crippen LogP contribution in [0.15, 0.2) is 24.3 Å². The van der Waals surface area contributed by atoms with Crippen LogP contribution in [0.5, 0.6) is 0 Å². The lowest BCUT2D eigenvalue weighted by Crippen LogP contribution is -2.39. The molecule has 0 saturated carbocycles. The minimum absolute atomic E-state index is 0.157. The largest absolute Gasteiger partial charge is 0.351 e. The number of thioether (sulfide) groups is 1. The summed E-state index contributed by atoms with van der Waals surface area (Å²) < 4.78 is 0. The topological polar surface area (TPSA) is 46.3 Å². The number of carbonyl (C=O) groups excluding carboxylic acids is 1. The van der Waals surface area contributed by atoms with Crippen molar-refractivity contribution in [2.75, 3.05) is 11.2 Å². The molecule has 14 heavy (non-hydrogen) atoms. The van der Waals surface area contributed by atoms with Gasteiger partial charge in [-0.2, -0.15) is 0 Å². The molecule has 2 amide bonds. The van der Waals surface area contributed by atoms with E-state index in [9.17, 15) is 4.79 Å². The van der Waals surface area contributed by atoms with Crippen molar-refractivity contribution >= 4 is 23.5 Å². The van der Waals surface area contributed by atoms with Gasteiger partial charge in [0.05, 0.1) is 5.37 Å². The molecule has 1 aliphatic heterocycles. The normalized spacial score (nSPS) is 19.5. The smallest absolute Gasteiger partial charge is 0.320 e. The van der Waals surface area contributed by atoms with Crippen molar-refractivity contribution < 1.29 is 4.79 Å². The first-order valence-electron chi connectivity index (χ1n) is 4.43. The Kier molecular flexibility index (Phi) is 2.37. The molecule has 1 aromatic carbocycles. The number of urea groups is 1. The standard InChI is InChI=1S/C10H12N2OS/c1-14-9-6-7-4-2-3-5-8(7)12(9)10(11)13/h2-5,9H,6H2,1H3,(H2,11,13). The van der Waals surface area contributed by atoms with Gasteiger partial charge in [0.1, 0.15) is 0 Å². The van der Waals surface area contributed by atoms with Gasteiger partial charge in [0.15, 0.2) is 0 Å². The Morgan fingerprint density at radius 2 is 2.29 bits per heavy atom. The van der Waals surface area contributed by atoms with Crippen molar-refractivity contribution in [2.45, 2.75) is 11.8 Å². The highest BCUT2D eigenvalue weighted by atomic mass is 32.2.